The molecule has 2 N–H and O–H groups in total. The van der Waals surface area contributed by atoms with E-state index >= 15 is 0 Å². The molecule has 0 aromatic rings. The Kier molecular flexibility index (Phi) is 15.7. The molecule has 0 saturated heterocycles. The molecule has 0 heterocycles. The highest BCUT2D eigenvalue weighted by Gasteiger charge is 2.48. The minimum Gasteiger partial charge on any atom is -0.481 e. The van der Waals surface area contributed by atoms with Gasteiger partial charge in [-0.15, -0.1) is 0 Å². The van der Waals surface area contributed by atoms with Crippen molar-refractivity contribution in [3.05, 3.63) is 0 Å². The Bertz CT molecular complexity index is 571. The van der Waals surface area contributed by atoms with Crippen molar-refractivity contribution in [1.82, 2.24) is 0 Å². The second kappa shape index (κ2) is 16.7. The number of carboxylic acid groups (broad SMARTS) is 2. The number of Topliss-reactive ketones (excluding diaryl/α,β-unsaturated/α-hetero) is 1. The van der Waals surface area contributed by atoms with Gasteiger partial charge in [0.25, 0.3) is 0 Å². The van der Waals surface area contributed by atoms with E-state index in [4.69, 9.17) is 9.84 Å². The molecule has 0 aliphatic rings. The number of hydrogen-bond donors (Lipinski definition) is 2. The maximum Gasteiger partial charge on any atom is 0.318 e. The molecular weight excluding hydrogens is 412 g/mol. The molecule has 7 nitrogen and oxygen atoms in total. The molecule has 7 heteroatoms. The summed E-state index contributed by atoms with van der Waals surface area (Å²) in [5.74, 6) is -4.51. The molecule has 3 unspecified atom stereocenters. The van der Waals surface area contributed by atoms with Crippen molar-refractivity contribution >= 4 is 23.7 Å². The van der Waals surface area contributed by atoms with Crippen LogP contribution in [0.1, 0.15) is 118 Å². The molecule has 0 aliphatic heterocycles. The summed E-state index contributed by atoms with van der Waals surface area (Å²) in [6.07, 6.45) is 9.95. The van der Waals surface area contributed by atoms with E-state index in [-0.39, 0.29) is 12.0 Å². The average molecular weight is 457 g/mol. The van der Waals surface area contributed by atoms with Gasteiger partial charge >= 0.3 is 17.9 Å². The third-order valence-corrected chi connectivity index (χ3v) is 6.24. The zero-order chi connectivity index (χ0) is 24.6. The van der Waals surface area contributed by atoms with Crippen LogP contribution in [-0.2, 0) is 23.9 Å². The van der Waals surface area contributed by atoms with Gasteiger partial charge in [0.2, 0.25) is 0 Å². The van der Waals surface area contributed by atoms with Crippen molar-refractivity contribution in [3.8, 4) is 0 Å². The minimum atomic E-state index is -2.29. The summed E-state index contributed by atoms with van der Waals surface area (Å²) in [7, 11) is 0. The van der Waals surface area contributed by atoms with Gasteiger partial charge in [0.15, 0.2) is 0 Å². The Hall–Kier alpha value is -1.92. The Morgan fingerprint density at radius 1 is 0.750 bits per heavy atom. The maximum absolute atomic E-state index is 12.8. The molecule has 32 heavy (non-hydrogen) atoms. The fourth-order valence-corrected chi connectivity index (χ4v) is 4.13. The molecule has 3 atom stereocenters. The number of unbranched alkanes of at least 4 members (excludes halogenated alkanes) is 6. The van der Waals surface area contributed by atoms with E-state index in [0.29, 0.717) is 6.42 Å². The fraction of sp³-hybridized carbons (Fsp3) is 0.840. The zero-order valence-corrected chi connectivity index (χ0v) is 20.5. The molecule has 0 radical (unpaired) electrons. The summed E-state index contributed by atoms with van der Waals surface area (Å²) >= 11 is 0. The highest BCUT2D eigenvalue weighted by atomic mass is 16.5. The van der Waals surface area contributed by atoms with Gasteiger partial charge in [0, 0.05) is 0 Å². The second-order valence-corrected chi connectivity index (χ2v) is 8.97. The predicted octanol–water partition coefficient (Wildman–Crippen LogP) is 5.78. The van der Waals surface area contributed by atoms with E-state index in [0.717, 1.165) is 77.6 Å². The molecule has 0 aromatic carbocycles. The SMILES string of the molecule is CCCCCCC(OC(=O)CC(CC(=O)O)(C(C)=O)C(=O)O)C(CCCC)CCCCC. The van der Waals surface area contributed by atoms with Gasteiger partial charge < -0.3 is 14.9 Å². The second-order valence-electron chi connectivity index (χ2n) is 8.97. The molecule has 0 aromatic heterocycles. The number of ether oxygens (including phenoxy) is 1. The van der Waals surface area contributed by atoms with Crippen LogP contribution >= 0.6 is 0 Å². The van der Waals surface area contributed by atoms with Crippen LogP contribution in [-0.4, -0.2) is 40.0 Å². The van der Waals surface area contributed by atoms with Crippen LogP contribution in [0.4, 0.5) is 0 Å². The van der Waals surface area contributed by atoms with Crippen molar-refractivity contribution < 1.29 is 34.1 Å². The van der Waals surface area contributed by atoms with Crippen LogP contribution in [0.3, 0.4) is 0 Å². The smallest absolute Gasteiger partial charge is 0.318 e. The first-order valence-electron chi connectivity index (χ1n) is 12.3. The lowest BCUT2D eigenvalue weighted by molar-refractivity contribution is -0.169. The van der Waals surface area contributed by atoms with E-state index in [1.54, 1.807) is 0 Å². The molecule has 0 bridgehead atoms. The molecule has 0 fully saturated rings. The number of aliphatic carboxylic acids is 2. The molecule has 0 saturated carbocycles. The van der Waals surface area contributed by atoms with Gasteiger partial charge in [-0.05, 0) is 38.5 Å². The van der Waals surface area contributed by atoms with Gasteiger partial charge in [-0.1, -0.05) is 72.1 Å². The van der Waals surface area contributed by atoms with Crippen LogP contribution < -0.4 is 0 Å². The van der Waals surface area contributed by atoms with Crippen molar-refractivity contribution in [3.63, 3.8) is 0 Å². The largest absolute Gasteiger partial charge is 0.481 e. The van der Waals surface area contributed by atoms with Gasteiger partial charge in [-0.25, -0.2) is 0 Å². The summed E-state index contributed by atoms with van der Waals surface area (Å²) in [6.45, 7) is 7.40. The Morgan fingerprint density at radius 2 is 1.28 bits per heavy atom. The lowest BCUT2D eigenvalue weighted by Gasteiger charge is -2.30. The number of carbonyl (C=O) groups excluding carboxylic acids is 2. The monoisotopic (exact) mass is 456 g/mol. The number of hydrogen-bond acceptors (Lipinski definition) is 5. The fourth-order valence-electron chi connectivity index (χ4n) is 4.13. The first kappa shape index (κ1) is 30.1. The highest BCUT2D eigenvalue weighted by molar-refractivity contribution is 6.06. The summed E-state index contributed by atoms with van der Waals surface area (Å²) in [4.78, 5) is 48.0. The maximum atomic E-state index is 12.8. The van der Waals surface area contributed by atoms with Gasteiger partial charge in [0.05, 0.1) is 12.8 Å². The minimum absolute atomic E-state index is 0.183. The normalized spacial score (nSPS) is 14.9. The summed E-state index contributed by atoms with van der Waals surface area (Å²) in [5.41, 5.74) is -2.29. The Labute approximate surface area is 193 Å². The van der Waals surface area contributed by atoms with Crippen LogP contribution in [0.5, 0.6) is 0 Å². The summed E-state index contributed by atoms with van der Waals surface area (Å²) in [5, 5.41) is 18.7. The first-order valence-corrected chi connectivity index (χ1v) is 12.3. The number of carbonyl (C=O) groups is 4. The molecule has 0 spiro atoms. The van der Waals surface area contributed by atoms with Gasteiger partial charge in [-0.3, -0.25) is 19.2 Å². The average Bonchev–Trinajstić information content (AvgIpc) is 2.71. The number of ketones is 1. The standard InChI is InChI=1S/C25H44O7/c1-5-8-11-13-16-21(20(14-10-7-3)15-12-9-6-2)32-23(29)18-25(19(4)26,24(30)31)17-22(27)28/h20-21H,5-18H2,1-4H3,(H,27,28)(H,30,31). The summed E-state index contributed by atoms with van der Waals surface area (Å²) in [6, 6.07) is 0. The van der Waals surface area contributed by atoms with Crippen molar-refractivity contribution in [2.24, 2.45) is 11.3 Å². The van der Waals surface area contributed by atoms with E-state index in [1.165, 1.54) is 0 Å². The highest BCUT2D eigenvalue weighted by Crippen LogP contribution is 2.32. The van der Waals surface area contributed by atoms with Crippen molar-refractivity contribution in [2.45, 2.75) is 124 Å². The van der Waals surface area contributed by atoms with Gasteiger partial charge in [0.1, 0.15) is 17.3 Å². The number of esters is 1. The quantitative estimate of drug-likeness (QED) is 0.135. The van der Waals surface area contributed by atoms with Crippen molar-refractivity contribution in [1.29, 1.82) is 0 Å². The van der Waals surface area contributed by atoms with Crippen molar-refractivity contribution in [2.75, 3.05) is 0 Å². The molecule has 0 rings (SSSR count). The molecular formula is C25H44O7. The molecule has 0 aliphatic carbocycles. The predicted molar refractivity (Wildman–Crippen MR) is 123 cm³/mol. The van der Waals surface area contributed by atoms with E-state index in [9.17, 15) is 24.3 Å². The first-order chi connectivity index (χ1) is 15.1. The van der Waals surface area contributed by atoms with Crippen LogP contribution in [0.25, 0.3) is 0 Å². The topological polar surface area (TPSA) is 118 Å². The Morgan fingerprint density at radius 3 is 1.78 bits per heavy atom. The van der Waals surface area contributed by atoms with Crippen LogP contribution in [0, 0.1) is 11.3 Å². The third kappa shape index (κ3) is 11.1. The third-order valence-electron chi connectivity index (χ3n) is 6.24. The van der Waals surface area contributed by atoms with Crippen LogP contribution in [0.15, 0.2) is 0 Å². The number of carboxylic acids is 2. The van der Waals surface area contributed by atoms with E-state index < -0.39 is 41.9 Å². The number of rotatable bonds is 20. The van der Waals surface area contributed by atoms with Crippen LogP contribution in [0.2, 0.25) is 0 Å². The molecule has 0 amide bonds. The lowest BCUT2D eigenvalue weighted by atomic mass is 9.77. The van der Waals surface area contributed by atoms with Gasteiger partial charge in [-0.2, -0.15) is 0 Å². The lowest BCUT2D eigenvalue weighted by Crippen LogP contribution is -2.43. The van der Waals surface area contributed by atoms with E-state index in [2.05, 4.69) is 20.8 Å². The summed E-state index contributed by atoms with van der Waals surface area (Å²) < 4.78 is 5.81. The Balaban J connectivity index is 5.56. The van der Waals surface area contributed by atoms with E-state index in [1.807, 2.05) is 0 Å². The molecule has 186 valence electrons. The zero-order valence-electron chi connectivity index (χ0n) is 20.5.